The molecule has 0 radical (unpaired) electrons. The Morgan fingerprint density at radius 1 is 0.488 bits per heavy atom. The number of aromatic amines is 1. The van der Waals surface area contributed by atoms with Gasteiger partial charge in [-0.3, -0.25) is 4.57 Å². The van der Waals surface area contributed by atoms with Crippen molar-refractivity contribution in [3.8, 4) is 62.4 Å². The molecule has 0 unspecified atom stereocenters. The lowest BCUT2D eigenvalue weighted by atomic mass is 10.0. The molecule has 7 rings (SSSR count). The van der Waals surface area contributed by atoms with Gasteiger partial charge in [-0.1, -0.05) is 133 Å². The molecule has 0 amide bonds. The molecule has 0 fully saturated rings. The highest BCUT2D eigenvalue weighted by Gasteiger charge is 2.26. The van der Waals surface area contributed by atoms with Crippen molar-refractivity contribution in [2.24, 2.45) is 0 Å². The predicted octanol–water partition coefficient (Wildman–Crippen LogP) is 9.07. The summed E-state index contributed by atoms with van der Waals surface area (Å²) in [6.45, 7) is 0. The van der Waals surface area contributed by atoms with Crippen molar-refractivity contribution >= 4 is 0 Å². The van der Waals surface area contributed by atoms with Crippen molar-refractivity contribution in [3.05, 3.63) is 151 Å². The highest BCUT2D eigenvalue weighted by Crippen LogP contribution is 2.40. The van der Waals surface area contributed by atoms with Gasteiger partial charge in [0.2, 0.25) is 0 Å². The zero-order valence-electron chi connectivity index (χ0n) is 22.1. The number of benzene rings is 5. The van der Waals surface area contributed by atoms with Crippen molar-refractivity contribution in [2.75, 3.05) is 0 Å². The van der Waals surface area contributed by atoms with Crippen LogP contribution in [0.3, 0.4) is 0 Å². The first-order chi connectivity index (χ1) is 20.3. The summed E-state index contributed by atoms with van der Waals surface area (Å²) in [5.74, 6) is 0.721. The summed E-state index contributed by atoms with van der Waals surface area (Å²) in [7, 11) is 0. The summed E-state index contributed by atoms with van der Waals surface area (Å²) in [4.78, 5) is 13.9. The van der Waals surface area contributed by atoms with E-state index in [2.05, 4.69) is 17.1 Å². The first kappa shape index (κ1) is 24.5. The van der Waals surface area contributed by atoms with E-state index >= 15 is 4.39 Å². The maximum absolute atomic E-state index is 15.6. The zero-order valence-corrected chi connectivity index (χ0v) is 22.1. The van der Waals surface area contributed by atoms with Gasteiger partial charge in [-0.15, -0.1) is 0 Å². The number of hydrogen-bond acceptors (Lipinski definition) is 2. The number of para-hydroxylation sites is 1. The van der Waals surface area contributed by atoms with Crippen LogP contribution < -0.4 is 0 Å². The summed E-state index contributed by atoms with van der Waals surface area (Å²) in [6.07, 6.45) is 0. The van der Waals surface area contributed by atoms with Gasteiger partial charge in [-0.2, -0.15) is 0 Å². The van der Waals surface area contributed by atoms with Gasteiger partial charge in [0.1, 0.15) is 5.82 Å². The Hall–Kier alpha value is -5.55. The van der Waals surface area contributed by atoms with Gasteiger partial charge in [0, 0.05) is 22.3 Å². The molecule has 5 heteroatoms. The molecule has 7 aromatic rings. The van der Waals surface area contributed by atoms with E-state index in [1.807, 2.05) is 120 Å². The van der Waals surface area contributed by atoms with E-state index in [9.17, 15) is 0 Å². The molecular formula is C36H25FN4. The highest BCUT2D eigenvalue weighted by molar-refractivity contribution is 5.85. The molecule has 0 bridgehead atoms. The van der Waals surface area contributed by atoms with Gasteiger partial charge >= 0.3 is 0 Å². The van der Waals surface area contributed by atoms with E-state index in [0.29, 0.717) is 17.3 Å². The maximum Gasteiger partial charge on any atom is 0.182 e. The van der Waals surface area contributed by atoms with Crippen LogP contribution in [0.2, 0.25) is 0 Å². The highest BCUT2D eigenvalue weighted by atomic mass is 19.1. The molecule has 0 saturated heterocycles. The summed E-state index contributed by atoms with van der Waals surface area (Å²) < 4.78 is 17.5. The van der Waals surface area contributed by atoms with E-state index in [4.69, 9.17) is 9.97 Å². The summed E-state index contributed by atoms with van der Waals surface area (Å²) in [6, 6.07) is 47.0. The lowest BCUT2D eigenvalue weighted by Crippen LogP contribution is -2.03. The second kappa shape index (κ2) is 10.5. The van der Waals surface area contributed by atoms with Gasteiger partial charge in [-0.05, 0) is 12.1 Å². The number of nitrogens with zero attached hydrogens (tertiary/aromatic N) is 3. The van der Waals surface area contributed by atoms with Crippen molar-refractivity contribution in [1.29, 1.82) is 0 Å². The number of hydrogen-bond donors (Lipinski definition) is 1. The van der Waals surface area contributed by atoms with Crippen LogP contribution in [0.1, 0.15) is 0 Å². The fourth-order valence-corrected chi connectivity index (χ4v) is 5.20. The van der Waals surface area contributed by atoms with Crippen LogP contribution in [0.4, 0.5) is 4.39 Å². The molecule has 2 heterocycles. The van der Waals surface area contributed by atoms with E-state index in [1.54, 1.807) is 12.1 Å². The van der Waals surface area contributed by atoms with Gasteiger partial charge < -0.3 is 4.98 Å². The minimum absolute atomic E-state index is 0.346. The van der Waals surface area contributed by atoms with Crippen LogP contribution in [0.25, 0.3) is 62.4 Å². The topological polar surface area (TPSA) is 46.5 Å². The molecule has 0 saturated carbocycles. The Morgan fingerprint density at radius 2 is 0.976 bits per heavy atom. The second-order valence-corrected chi connectivity index (χ2v) is 9.69. The Labute approximate surface area is 237 Å². The molecule has 2 aromatic heterocycles. The standard InChI is InChI=1S/C36H25FN4/c37-29-23-13-14-24-30(29)41-34(28-21-11-4-12-22-28)33(27-19-9-3-10-20-27)40-36(41)35-38-31(25-15-5-1-6-16-25)32(39-35)26-17-7-2-8-18-26/h1-24H,(H,38,39). The first-order valence-electron chi connectivity index (χ1n) is 13.5. The monoisotopic (exact) mass is 532 g/mol. The average Bonchev–Trinajstić information content (AvgIpc) is 3.66. The van der Waals surface area contributed by atoms with Gasteiger partial charge in [0.25, 0.3) is 0 Å². The molecule has 0 aliphatic heterocycles. The lowest BCUT2D eigenvalue weighted by molar-refractivity contribution is 0.619. The summed E-state index contributed by atoms with van der Waals surface area (Å²) >= 11 is 0. The summed E-state index contributed by atoms with van der Waals surface area (Å²) in [5.41, 5.74) is 7.44. The van der Waals surface area contributed by atoms with E-state index in [1.165, 1.54) is 6.07 Å². The molecule has 1 N–H and O–H groups in total. The van der Waals surface area contributed by atoms with Gasteiger partial charge in [0.05, 0.1) is 28.5 Å². The van der Waals surface area contributed by atoms with E-state index in [0.717, 1.165) is 45.0 Å². The van der Waals surface area contributed by atoms with E-state index in [-0.39, 0.29) is 5.82 Å². The van der Waals surface area contributed by atoms with Gasteiger partial charge in [-0.25, -0.2) is 14.4 Å². The SMILES string of the molecule is Fc1ccccc1-n1c(-c2nc(-c3ccccc3)c(-c3ccccc3)[nH]2)nc(-c2ccccc2)c1-c1ccccc1. The number of H-pyrrole nitrogens is 1. The van der Waals surface area contributed by atoms with Crippen molar-refractivity contribution < 1.29 is 4.39 Å². The quantitative estimate of drug-likeness (QED) is 0.232. The van der Waals surface area contributed by atoms with E-state index < -0.39 is 0 Å². The first-order valence-corrected chi connectivity index (χ1v) is 13.5. The van der Waals surface area contributed by atoms with Crippen LogP contribution in [0.15, 0.2) is 146 Å². The Bertz CT molecular complexity index is 1870. The maximum atomic E-state index is 15.6. The van der Waals surface area contributed by atoms with Crippen LogP contribution in [0, 0.1) is 5.82 Å². The molecule has 0 spiro atoms. The lowest BCUT2D eigenvalue weighted by Gasteiger charge is -2.13. The largest absolute Gasteiger partial charge is 0.335 e. The smallest absolute Gasteiger partial charge is 0.182 e. The third-order valence-corrected chi connectivity index (χ3v) is 7.09. The second-order valence-electron chi connectivity index (χ2n) is 9.69. The fourth-order valence-electron chi connectivity index (χ4n) is 5.20. The molecule has 0 aliphatic rings. The number of halogens is 1. The van der Waals surface area contributed by atoms with Crippen LogP contribution >= 0.6 is 0 Å². The molecule has 0 atom stereocenters. The van der Waals surface area contributed by atoms with Crippen molar-refractivity contribution in [3.63, 3.8) is 0 Å². The Balaban J connectivity index is 1.57. The number of rotatable bonds is 6. The van der Waals surface area contributed by atoms with Crippen molar-refractivity contribution in [2.45, 2.75) is 0 Å². The van der Waals surface area contributed by atoms with Crippen LogP contribution in [0.5, 0.6) is 0 Å². The van der Waals surface area contributed by atoms with Gasteiger partial charge in [0.15, 0.2) is 11.6 Å². The molecule has 4 nitrogen and oxygen atoms in total. The third-order valence-electron chi connectivity index (χ3n) is 7.09. The van der Waals surface area contributed by atoms with Crippen LogP contribution in [-0.4, -0.2) is 19.5 Å². The third kappa shape index (κ3) is 4.53. The molecule has 196 valence electrons. The average molecular weight is 533 g/mol. The normalized spacial score (nSPS) is 11.0. The molecule has 0 aliphatic carbocycles. The minimum atomic E-state index is -0.346. The van der Waals surface area contributed by atoms with Crippen molar-refractivity contribution in [1.82, 2.24) is 19.5 Å². The Morgan fingerprint density at radius 3 is 1.56 bits per heavy atom. The number of nitrogens with one attached hydrogen (secondary N) is 1. The molecular weight excluding hydrogens is 507 g/mol. The number of aromatic nitrogens is 4. The van der Waals surface area contributed by atoms with Crippen LogP contribution in [-0.2, 0) is 0 Å². The zero-order chi connectivity index (χ0) is 27.6. The summed E-state index contributed by atoms with van der Waals surface area (Å²) in [5, 5.41) is 0. The Kier molecular flexibility index (Phi) is 6.30. The fraction of sp³-hybridized carbons (Fsp3) is 0. The molecule has 41 heavy (non-hydrogen) atoms. The predicted molar refractivity (Wildman–Crippen MR) is 163 cm³/mol. The molecule has 5 aromatic carbocycles. The number of imidazole rings is 2. The minimum Gasteiger partial charge on any atom is -0.335 e.